The van der Waals surface area contributed by atoms with Crippen molar-refractivity contribution < 1.29 is 27.5 Å². The molecule has 0 fully saturated rings. The zero-order valence-electron chi connectivity index (χ0n) is 20.7. The Balaban J connectivity index is 1.37. The minimum absolute atomic E-state index is 0.215. The minimum atomic E-state index is -4.45. The van der Waals surface area contributed by atoms with E-state index < -0.39 is 29.7 Å². The molecule has 0 radical (unpaired) electrons. The number of carbonyl (C=O) groups excluding carboxylic acids is 2. The molecule has 0 aliphatic carbocycles. The van der Waals surface area contributed by atoms with Gasteiger partial charge in [-0.25, -0.2) is 4.79 Å². The molecule has 9 heteroatoms. The molecular formula is C30H24F3N3O3. The van der Waals surface area contributed by atoms with Crippen LogP contribution < -0.4 is 10.5 Å². The van der Waals surface area contributed by atoms with E-state index >= 15 is 0 Å². The molecule has 0 saturated carbocycles. The van der Waals surface area contributed by atoms with Crippen LogP contribution in [-0.2, 0) is 23.9 Å². The van der Waals surface area contributed by atoms with Gasteiger partial charge in [0.1, 0.15) is 11.8 Å². The van der Waals surface area contributed by atoms with Crippen molar-refractivity contribution in [1.29, 1.82) is 0 Å². The molecule has 39 heavy (non-hydrogen) atoms. The third-order valence-electron chi connectivity index (χ3n) is 6.70. The van der Waals surface area contributed by atoms with Crippen LogP contribution in [0, 0.1) is 0 Å². The summed E-state index contributed by atoms with van der Waals surface area (Å²) in [5.41, 5.74) is 8.70. The van der Waals surface area contributed by atoms with Crippen LogP contribution in [0.2, 0.25) is 0 Å². The molecular weight excluding hydrogens is 507 g/mol. The highest BCUT2D eigenvalue weighted by Gasteiger charge is 2.32. The quantitative estimate of drug-likeness (QED) is 0.260. The number of esters is 1. The van der Waals surface area contributed by atoms with Crippen LogP contribution in [0.3, 0.4) is 0 Å². The highest BCUT2D eigenvalue weighted by atomic mass is 19.4. The number of fused-ring (bicyclic) bond motifs is 1. The number of hydrogen-bond donors (Lipinski definition) is 1. The second-order valence-corrected chi connectivity index (χ2v) is 9.26. The average molecular weight is 532 g/mol. The normalized spacial score (nSPS) is 15.4. The van der Waals surface area contributed by atoms with E-state index in [1.165, 1.54) is 12.1 Å². The first-order valence-electron chi connectivity index (χ1n) is 12.2. The molecule has 6 nitrogen and oxygen atoms in total. The number of halogens is 3. The van der Waals surface area contributed by atoms with Crippen molar-refractivity contribution in [3.05, 3.63) is 119 Å². The van der Waals surface area contributed by atoms with Crippen LogP contribution in [0.5, 0.6) is 5.75 Å². The third kappa shape index (κ3) is 5.68. The zero-order chi connectivity index (χ0) is 27.6. The molecule has 2 heterocycles. The first-order chi connectivity index (χ1) is 18.7. The van der Waals surface area contributed by atoms with E-state index in [4.69, 9.17) is 10.5 Å². The van der Waals surface area contributed by atoms with Crippen molar-refractivity contribution in [2.24, 2.45) is 5.73 Å². The lowest BCUT2D eigenvalue weighted by molar-refractivity contribution is -0.137. The Morgan fingerprint density at radius 3 is 2.46 bits per heavy atom. The van der Waals surface area contributed by atoms with Crippen molar-refractivity contribution in [3.63, 3.8) is 0 Å². The lowest BCUT2D eigenvalue weighted by atomic mass is 9.91. The first-order valence-corrected chi connectivity index (χ1v) is 12.2. The topological polar surface area (TPSA) is 85.5 Å². The summed E-state index contributed by atoms with van der Waals surface area (Å²) in [4.78, 5) is 31.7. The smallest absolute Gasteiger partial charge is 0.416 e. The summed E-state index contributed by atoms with van der Waals surface area (Å²) < 4.78 is 44.6. The Hall–Kier alpha value is -4.50. The standard InChI is InChI=1S/C30H24F3N3O3/c31-30(32,33)22-9-7-20(8-10-22)24-5-1-2-6-26(24)29(38)39-23-11-12-25-21(16-23)13-15-36(27(25)28(34)37)18-19-4-3-14-35-17-19/h1-12,14,16-17,27H,13,15,18H2,(H2,34,37). The number of alkyl halides is 3. The maximum atomic E-state index is 13.1. The maximum Gasteiger partial charge on any atom is 0.416 e. The van der Waals surface area contributed by atoms with Crippen LogP contribution in [0.25, 0.3) is 11.1 Å². The fourth-order valence-corrected chi connectivity index (χ4v) is 4.86. The summed E-state index contributed by atoms with van der Waals surface area (Å²) in [6.45, 7) is 1.09. The van der Waals surface area contributed by atoms with Gasteiger partial charge in [0.2, 0.25) is 5.91 Å². The summed E-state index contributed by atoms with van der Waals surface area (Å²) in [5, 5.41) is 0. The molecule has 198 valence electrons. The van der Waals surface area contributed by atoms with Crippen LogP contribution >= 0.6 is 0 Å². The van der Waals surface area contributed by atoms with E-state index in [1.54, 1.807) is 54.9 Å². The largest absolute Gasteiger partial charge is 0.423 e. The highest BCUT2D eigenvalue weighted by molar-refractivity contribution is 5.98. The van der Waals surface area contributed by atoms with Crippen LogP contribution in [0.15, 0.2) is 91.3 Å². The van der Waals surface area contributed by atoms with Gasteiger partial charge < -0.3 is 10.5 Å². The van der Waals surface area contributed by atoms with Crippen LogP contribution in [0.1, 0.15) is 38.7 Å². The van der Waals surface area contributed by atoms with Crippen molar-refractivity contribution in [2.75, 3.05) is 6.54 Å². The van der Waals surface area contributed by atoms with Gasteiger partial charge in [0.05, 0.1) is 11.1 Å². The van der Waals surface area contributed by atoms with Crippen LogP contribution in [0.4, 0.5) is 13.2 Å². The number of pyridine rings is 1. The third-order valence-corrected chi connectivity index (χ3v) is 6.70. The molecule has 3 aromatic carbocycles. The summed E-state index contributed by atoms with van der Waals surface area (Å²) in [6.07, 6.45) is -0.399. The number of amides is 1. The molecule has 0 bridgehead atoms. The number of carbonyl (C=O) groups is 2. The summed E-state index contributed by atoms with van der Waals surface area (Å²) >= 11 is 0. The SMILES string of the molecule is NC(=O)C1c2ccc(OC(=O)c3ccccc3-c3ccc(C(F)(F)F)cc3)cc2CCN1Cc1cccnc1. The van der Waals surface area contributed by atoms with Gasteiger partial charge in [-0.3, -0.25) is 14.7 Å². The van der Waals surface area contributed by atoms with Gasteiger partial charge in [-0.2, -0.15) is 13.2 Å². The maximum absolute atomic E-state index is 13.1. The fourth-order valence-electron chi connectivity index (χ4n) is 4.86. The van der Waals surface area contributed by atoms with E-state index in [9.17, 15) is 22.8 Å². The number of aromatic nitrogens is 1. The second-order valence-electron chi connectivity index (χ2n) is 9.26. The molecule has 0 saturated heterocycles. The molecule has 1 atom stereocenters. The fraction of sp³-hybridized carbons (Fsp3) is 0.167. The number of nitrogens with zero attached hydrogens (tertiary/aromatic N) is 2. The summed E-state index contributed by atoms with van der Waals surface area (Å²) in [5.74, 6) is -0.828. The van der Waals surface area contributed by atoms with Gasteiger partial charge in [-0.1, -0.05) is 42.5 Å². The van der Waals surface area contributed by atoms with E-state index in [-0.39, 0.29) is 5.56 Å². The lowest BCUT2D eigenvalue weighted by Crippen LogP contribution is -2.42. The Morgan fingerprint density at radius 2 is 1.77 bits per heavy atom. The zero-order valence-corrected chi connectivity index (χ0v) is 20.7. The van der Waals surface area contributed by atoms with Gasteiger partial charge in [0, 0.05) is 25.5 Å². The molecule has 1 amide bonds. The monoisotopic (exact) mass is 531 g/mol. The molecule has 1 aliphatic rings. The molecule has 2 N–H and O–H groups in total. The highest BCUT2D eigenvalue weighted by Crippen LogP contribution is 2.35. The van der Waals surface area contributed by atoms with E-state index in [2.05, 4.69) is 4.98 Å². The van der Waals surface area contributed by atoms with Crippen molar-refractivity contribution in [3.8, 4) is 16.9 Å². The van der Waals surface area contributed by atoms with Gasteiger partial charge in [0.15, 0.2) is 0 Å². The number of hydrogen-bond acceptors (Lipinski definition) is 5. The summed E-state index contributed by atoms with van der Waals surface area (Å²) in [7, 11) is 0. The second kappa shape index (κ2) is 10.7. The molecule has 4 aromatic rings. The number of ether oxygens (including phenoxy) is 1. The Labute approximate surface area is 222 Å². The van der Waals surface area contributed by atoms with Gasteiger partial charge >= 0.3 is 12.1 Å². The predicted octanol–water partition coefficient (Wildman–Crippen LogP) is 5.57. The number of rotatable bonds is 6. The molecule has 1 aromatic heterocycles. The average Bonchev–Trinajstić information content (AvgIpc) is 2.93. The number of nitrogens with two attached hydrogens (primary N) is 1. The van der Waals surface area contributed by atoms with Crippen molar-refractivity contribution >= 4 is 11.9 Å². The van der Waals surface area contributed by atoms with Gasteiger partial charge in [-0.15, -0.1) is 0 Å². The van der Waals surface area contributed by atoms with E-state index in [0.29, 0.717) is 36.4 Å². The molecule has 5 rings (SSSR count). The van der Waals surface area contributed by atoms with Gasteiger partial charge in [0.25, 0.3) is 0 Å². The minimum Gasteiger partial charge on any atom is -0.423 e. The Kier molecular flexibility index (Phi) is 7.17. The molecule has 0 spiro atoms. The van der Waals surface area contributed by atoms with Crippen molar-refractivity contribution in [2.45, 2.75) is 25.2 Å². The van der Waals surface area contributed by atoms with E-state index in [1.807, 2.05) is 17.0 Å². The van der Waals surface area contributed by atoms with Crippen LogP contribution in [-0.4, -0.2) is 28.3 Å². The molecule has 1 aliphatic heterocycles. The molecule has 1 unspecified atom stereocenters. The number of primary amides is 1. The predicted molar refractivity (Wildman–Crippen MR) is 139 cm³/mol. The summed E-state index contributed by atoms with van der Waals surface area (Å²) in [6, 6.07) is 19.4. The number of benzene rings is 3. The van der Waals surface area contributed by atoms with E-state index in [0.717, 1.165) is 28.8 Å². The Morgan fingerprint density at radius 1 is 1.00 bits per heavy atom. The lowest BCUT2D eigenvalue weighted by Gasteiger charge is -2.35. The first kappa shape index (κ1) is 26.1. The van der Waals surface area contributed by atoms with Gasteiger partial charge in [-0.05, 0) is 70.6 Å². The van der Waals surface area contributed by atoms with Crippen molar-refractivity contribution in [1.82, 2.24) is 9.88 Å². The Bertz CT molecular complexity index is 1510.